The predicted molar refractivity (Wildman–Crippen MR) is 151 cm³/mol. The maximum absolute atomic E-state index is 13.7. The molecule has 224 valence electrons. The van der Waals surface area contributed by atoms with Gasteiger partial charge in [-0.25, -0.2) is 4.79 Å². The van der Waals surface area contributed by atoms with E-state index in [9.17, 15) is 24.5 Å². The van der Waals surface area contributed by atoms with Gasteiger partial charge in [-0.1, -0.05) is 24.3 Å². The van der Waals surface area contributed by atoms with Crippen molar-refractivity contribution >= 4 is 29.2 Å². The van der Waals surface area contributed by atoms with Crippen LogP contribution in [-0.4, -0.2) is 53.9 Å². The third-order valence-corrected chi connectivity index (χ3v) is 7.24. The first-order valence-electron chi connectivity index (χ1n) is 13.7. The van der Waals surface area contributed by atoms with Gasteiger partial charge in [-0.05, 0) is 51.5 Å². The van der Waals surface area contributed by atoms with E-state index < -0.39 is 40.5 Å². The minimum atomic E-state index is -1.63. The first kappa shape index (κ1) is 30.5. The zero-order chi connectivity index (χ0) is 30.4. The Hall–Kier alpha value is -4.45. The molecule has 0 bridgehead atoms. The monoisotopic (exact) mass is 581 g/mol. The molecule has 2 aromatic carbocycles. The summed E-state index contributed by atoms with van der Waals surface area (Å²) in [5.41, 5.74) is -0.376. The Labute approximate surface area is 243 Å². The number of para-hydroxylation sites is 1. The first-order chi connectivity index (χ1) is 20.0. The molecule has 2 aliphatic heterocycles. The van der Waals surface area contributed by atoms with Gasteiger partial charge in [-0.3, -0.25) is 19.7 Å². The Morgan fingerprint density at radius 1 is 1.12 bits per heavy atom. The molecular formula is C30H35N3O9. The van der Waals surface area contributed by atoms with Crippen molar-refractivity contribution in [3.05, 3.63) is 76.0 Å². The number of carbonyl (C=O) groups excluding carboxylic acids is 3. The number of nitrogens with one attached hydrogen (secondary N) is 2. The van der Waals surface area contributed by atoms with Gasteiger partial charge in [0.25, 0.3) is 5.69 Å². The molecule has 0 aliphatic carbocycles. The lowest BCUT2D eigenvalue weighted by Gasteiger charge is -2.42. The summed E-state index contributed by atoms with van der Waals surface area (Å²) in [6.07, 6.45) is 2.10. The Bertz CT molecular complexity index is 1360. The Morgan fingerprint density at radius 2 is 1.83 bits per heavy atom. The highest BCUT2D eigenvalue weighted by atomic mass is 16.7. The van der Waals surface area contributed by atoms with E-state index >= 15 is 0 Å². The lowest BCUT2D eigenvalue weighted by Crippen LogP contribution is -2.61. The Balaban J connectivity index is 1.55. The van der Waals surface area contributed by atoms with Crippen LogP contribution in [0.5, 0.6) is 5.75 Å². The van der Waals surface area contributed by atoms with Crippen LogP contribution in [-0.2, 0) is 28.6 Å². The number of amides is 1. The number of benzene rings is 2. The molecule has 12 nitrogen and oxygen atoms in total. The molecule has 12 heteroatoms. The van der Waals surface area contributed by atoms with Crippen molar-refractivity contribution in [2.75, 3.05) is 18.5 Å². The second kappa shape index (κ2) is 13.0. The predicted octanol–water partition coefficient (Wildman–Crippen LogP) is 4.21. The van der Waals surface area contributed by atoms with Gasteiger partial charge < -0.3 is 29.6 Å². The van der Waals surface area contributed by atoms with E-state index in [4.69, 9.17) is 18.9 Å². The van der Waals surface area contributed by atoms with Gasteiger partial charge in [0.1, 0.15) is 30.4 Å². The highest BCUT2D eigenvalue weighted by Crippen LogP contribution is 2.43. The van der Waals surface area contributed by atoms with Gasteiger partial charge in [0, 0.05) is 42.3 Å². The van der Waals surface area contributed by atoms with E-state index in [0.717, 1.165) is 6.42 Å². The third kappa shape index (κ3) is 7.06. The fourth-order valence-corrected chi connectivity index (χ4v) is 5.34. The molecule has 0 saturated carbocycles. The number of ether oxygens (including phenoxy) is 4. The van der Waals surface area contributed by atoms with E-state index in [1.807, 2.05) is 6.92 Å². The summed E-state index contributed by atoms with van der Waals surface area (Å²) in [5.74, 6) is -3.27. The van der Waals surface area contributed by atoms with Crippen LogP contribution >= 0.6 is 0 Å². The smallest absolute Gasteiger partial charge is 0.334 e. The van der Waals surface area contributed by atoms with E-state index in [-0.39, 0.29) is 36.5 Å². The molecule has 0 spiro atoms. The summed E-state index contributed by atoms with van der Waals surface area (Å²) in [4.78, 5) is 50.0. The molecule has 1 saturated heterocycles. The van der Waals surface area contributed by atoms with Crippen molar-refractivity contribution < 1.29 is 38.3 Å². The molecule has 4 rings (SSSR count). The average Bonchev–Trinajstić information content (AvgIpc) is 3.35. The fraction of sp³-hybridized carbons (Fsp3) is 0.433. The normalized spacial score (nSPS) is 25.0. The van der Waals surface area contributed by atoms with Gasteiger partial charge in [-0.15, -0.1) is 0 Å². The van der Waals surface area contributed by atoms with Gasteiger partial charge >= 0.3 is 11.9 Å². The standard InChI is InChI=1S/C30H35N3O9/c1-18-17-24(23-7-5-6-8-25(23)33(37)38)27(30(4,32-18)29(36)42-26-14-9-19(2)41-26)28(35)40-16-15-39-22-12-10-21(11-13-22)31-20(3)34/h5-8,10-13,17,19,24,26-27,32H,9,14-16H2,1-4H3,(H,31,34). The second-order valence-corrected chi connectivity index (χ2v) is 10.6. The summed E-state index contributed by atoms with van der Waals surface area (Å²) >= 11 is 0. The van der Waals surface area contributed by atoms with Gasteiger partial charge in [0.05, 0.1) is 11.0 Å². The van der Waals surface area contributed by atoms with Crippen LogP contribution in [0, 0.1) is 16.0 Å². The number of hydrogen-bond donors (Lipinski definition) is 2. The van der Waals surface area contributed by atoms with Crippen LogP contribution < -0.4 is 15.4 Å². The van der Waals surface area contributed by atoms with E-state index in [2.05, 4.69) is 10.6 Å². The summed E-state index contributed by atoms with van der Waals surface area (Å²) in [6, 6.07) is 12.8. The van der Waals surface area contributed by atoms with Crippen LogP contribution in [0.3, 0.4) is 0 Å². The minimum absolute atomic E-state index is 0.00531. The topological polar surface area (TPSA) is 155 Å². The molecule has 2 heterocycles. The lowest BCUT2D eigenvalue weighted by atomic mass is 9.70. The number of allylic oxidation sites excluding steroid dienone is 2. The van der Waals surface area contributed by atoms with E-state index in [1.54, 1.807) is 55.5 Å². The van der Waals surface area contributed by atoms with Gasteiger partial charge in [0.15, 0.2) is 0 Å². The number of anilines is 1. The zero-order valence-electron chi connectivity index (χ0n) is 24.0. The summed E-state index contributed by atoms with van der Waals surface area (Å²) in [5, 5.41) is 17.7. The second-order valence-electron chi connectivity index (χ2n) is 10.6. The molecule has 1 amide bonds. The van der Waals surface area contributed by atoms with Gasteiger partial charge in [0.2, 0.25) is 12.2 Å². The maximum Gasteiger partial charge on any atom is 0.334 e. The number of carbonyl (C=O) groups is 3. The van der Waals surface area contributed by atoms with Crippen LogP contribution in [0.4, 0.5) is 11.4 Å². The number of nitro groups is 1. The van der Waals surface area contributed by atoms with Crippen molar-refractivity contribution in [1.82, 2.24) is 5.32 Å². The molecule has 42 heavy (non-hydrogen) atoms. The van der Waals surface area contributed by atoms with Crippen molar-refractivity contribution in [1.29, 1.82) is 0 Å². The summed E-state index contributed by atoms with van der Waals surface area (Å²) in [6.45, 7) is 6.39. The average molecular weight is 582 g/mol. The van der Waals surface area contributed by atoms with Crippen LogP contribution in [0.15, 0.2) is 60.3 Å². The SMILES string of the molecule is CC(=O)Nc1ccc(OCCOC(=O)C2C(c3ccccc3[N+](=O)[O-])C=C(C)NC2(C)C(=O)OC2CCC(C)O2)cc1. The summed E-state index contributed by atoms with van der Waals surface area (Å²) in [7, 11) is 0. The molecule has 5 unspecified atom stereocenters. The maximum atomic E-state index is 13.7. The zero-order valence-corrected chi connectivity index (χ0v) is 24.0. The number of nitro benzene ring substituents is 1. The molecule has 2 N–H and O–H groups in total. The molecule has 2 aliphatic rings. The fourth-order valence-electron chi connectivity index (χ4n) is 5.34. The van der Waals surface area contributed by atoms with E-state index in [0.29, 0.717) is 23.6 Å². The highest BCUT2D eigenvalue weighted by Gasteiger charge is 2.55. The minimum Gasteiger partial charge on any atom is -0.490 e. The quantitative estimate of drug-likeness (QED) is 0.180. The van der Waals surface area contributed by atoms with Crippen molar-refractivity contribution in [2.24, 2.45) is 5.92 Å². The van der Waals surface area contributed by atoms with Crippen molar-refractivity contribution in [3.63, 3.8) is 0 Å². The van der Waals surface area contributed by atoms with Crippen LogP contribution in [0.2, 0.25) is 0 Å². The molecule has 0 radical (unpaired) electrons. The Kier molecular flexibility index (Phi) is 9.46. The van der Waals surface area contributed by atoms with Crippen LogP contribution in [0.25, 0.3) is 0 Å². The summed E-state index contributed by atoms with van der Waals surface area (Å²) < 4.78 is 22.6. The molecule has 2 aromatic rings. The Morgan fingerprint density at radius 3 is 2.48 bits per heavy atom. The molecule has 0 aromatic heterocycles. The first-order valence-corrected chi connectivity index (χ1v) is 13.7. The van der Waals surface area contributed by atoms with Gasteiger partial charge in [-0.2, -0.15) is 0 Å². The van der Waals surface area contributed by atoms with Crippen LogP contribution in [0.1, 0.15) is 52.0 Å². The highest BCUT2D eigenvalue weighted by molar-refractivity contribution is 5.90. The number of nitrogens with zero attached hydrogens (tertiary/aromatic N) is 1. The number of rotatable bonds is 10. The third-order valence-electron chi connectivity index (χ3n) is 7.24. The molecule has 5 atom stereocenters. The van der Waals surface area contributed by atoms with Crippen molar-refractivity contribution in [3.8, 4) is 5.75 Å². The lowest BCUT2D eigenvalue weighted by molar-refractivity contribution is -0.385. The van der Waals surface area contributed by atoms with Crippen molar-refractivity contribution in [2.45, 2.75) is 64.4 Å². The molecular weight excluding hydrogens is 546 g/mol. The number of esters is 2. The largest absolute Gasteiger partial charge is 0.490 e. The number of hydrogen-bond acceptors (Lipinski definition) is 10. The molecule has 1 fully saturated rings. The van der Waals surface area contributed by atoms with E-state index in [1.165, 1.54) is 19.9 Å².